The van der Waals surface area contributed by atoms with Crippen LogP contribution in [0.3, 0.4) is 0 Å². The number of carbonyl (C=O) groups excluding carboxylic acids is 1. The van der Waals surface area contributed by atoms with Crippen molar-refractivity contribution in [1.29, 1.82) is 0 Å². The maximum Gasteiger partial charge on any atom is 0.329 e. The highest BCUT2D eigenvalue weighted by Gasteiger charge is 2.03. The first-order valence-electron chi connectivity index (χ1n) is 19.8. The highest BCUT2D eigenvalue weighted by Crippen LogP contribution is 2.13. The van der Waals surface area contributed by atoms with Gasteiger partial charge in [0.15, 0.2) is 0 Å². The fourth-order valence-corrected chi connectivity index (χ4v) is 4.94. The maximum atomic E-state index is 11.4. The molecule has 0 saturated carbocycles. The average molecular weight is 738 g/mol. The zero-order valence-electron chi connectivity index (χ0n) is 32.2. The van der Waals surface area contributed by atoms with Gasteiger partial charge in [-0.25, -0.2) is 4.79 Å². The van der Waals surface area contributed by atoms with Crippen molar-refractivity contribution >= 4 is 11.9 Å². The molecule has 1 amide bonds. The van der Waals surface area contributed by atoms with Crippen molar-refractivity contribution in [2.24, 2.45) is 0 Å². The van der Waals surface area contributed by atoms with Crippen LogP contribution in [0.25, 0.3) is 0 Å². The lowest BCUT2D eigenvalue weighted by Gasteiger charge is -2.09. The standard InChI is InChI=1S/C38H75NO12/c1-2-3-4-5-6-7-8-9-10-11-12-13-14-15-16-17-19-43-21-23-45-25-27-47-29-31-49-33-34-50-32-30-48-28-26-46-24-22-44-20-18-39-37(40)35-51-36-38(41)42/h2-36H2,1H3,(H,39,40)(H,41,42). The average Bonchev–Trinajstić information content (AvgIpc) is 3.12. The highest BCUT2D eigenvalue weighted by atomic mass is 16.6. The highest BCUT2D eigenvalue weighted by molar-refractivity contribution is 5.77. The number of amides is 1. The molecule has 0 aliphatic carbocycles. The Balaban J connectivity index is 3.08. The summed E-state index contributed by atoms with van der Waals surface area (Å²) in [6, 6.07) is 0. The van der Waals surface area contributed by atoms with E-state index in [1.54, 1.807) is 0 Å². The van der Waals surface area contributed by atoms with Gasteiger partial charge in [0.05, 0.1) is 99.1 Å². The summed E-state index contributed by atoms with van der Waals surface area (Å²) < 4.78 is 48.6. The van der Waals surface area contributed by atoms with Crippen molar-refractivity contribution in [1.82, 2.24) is 5.32 Å². The van der Waals surface area contributed by atoms with E-state index in [-0.39, 0.29) is 12.5 Å². The second-order valence-electron chi connectivity index (χ2n) is 12.4. The number of aliphatic carboxylic acids is 1. The van der Waals surface area contributed by atoms with Gasteiger partial charge in [0, 0.05) is 13.2 Å². The summed E-state index contributed by atoms with van der Waals surface area (Å²) in [5.74, 6) is -1.51. The topological polar surface area (TPSA) is 149 Å². The molecule has 0 fully saturated rings. The van der Waals surface area contributed by atoms with Crippen LogP contribution in [-0.4, -0.2) is 142 Å². The minimum Gasteiger partial charge on any atom is -0.480 e. The van der Waals surface area contributed by atoms with Crippen LogP contribution >= 0.6 is 0 Å². The molecule has 0 aromatic carbocycles. The van der Waals surface area contributed by atoms with Crippen LogP contribution in [-0.2, 0) is 52.2 Å². The first-order valence-corrected chi connectivity index (χ1v) is 19.8. The normalized spacial score (nSPS) is 11.4. The van der Waals surface area contributed by atoms with Crippen molar-refractivity contribution in [2.45, 2.75) is 110 Å². The smallest absolute Gasteiger partial charge is 0.329 e. The number of carbonyl (C=O) groups is 2. The van der Waals surface area contributed by atoms with Crippen LogP contribution in [0.1, 0.15) is 110 Å². The largest absolute Gasteiger partial charge is 0.480 e. The van der Waals surface area contributed by atoms with E-state index < -0.39 is 12.6 Å². The Hall–Kier alpha value is -1.42. The summed E-state index contributed by atoms with van der Waals surface area (Å²) in [5.41, 5.74) is 0. The summed E-state index contributed by atoms with van der Waals surface area (Å²) in [4.78, 5) is 21.7. The van der Waals surface area contributed by atoms with Crippen molar-refractivity contribution < 1.29 is 57.3 Å². The van der Waals surface area contributed by atoms with E-state index in [9.17, 15) is 9.59 Å². The lowest BCUT2D eigenvalue weighted by Crippen LogP contribution is -2.31. The quantitative estimate of drug-likeness (QED) is 0.0750. The van der Waals surface area contributed by atoms with E-state index in [2.05, 4.69) is 17.0 Å². The molecule has 0 unspecified atom stereocenters. The van der Waals surface area contributed by atoms with Gasteiger partial charge in [-0.2, -0.15) is 0 Å². The molecule has 0 heterocycles. The monoisotopic (exact) mass is 738 g/mol. The van der Waals surface area contributed by atoms with E-state index >= 15 is 0 Å². The molecule has 0 saturated heterocycles. The predicted molar refractivity (Wildman–Crippen MR) is 198 cm³/mol. The van der Waals surface area contributed by atoms with Crippen LogP contribution in [0.15, 0.2) is 0 Å². The Kier molecular flexibility index (Phi) is 43.5. The zero-order valence-corrected chi connectivity index (χ0v) is 32.2. The molecule has 0 aromatic rings. The van der Waals surface area contributed by atoms with Gasteiger partial charge in [-0.15, -0.1) is 0 Å². The lowest BCUT2D eigenvalue weighted by molar-refractivity contribution is -0.143. The van der Waals surface area contributed by atoms with Gasteiger partial charge in [-0.1, -0.05) is 103 Å². The molecule has 0 aliphatic heterocycles. The molecular weight excluding hydrogens is 662 g/mol. The molecule has 0 aliphatic rings. The Morgan fingerprint density at radius 2 is 0.667 bits per heavy atom. The summed E-state index contributed by atoms with van der Waals surface area (Å²) in [5, 5.41) is 11.0. The van der Waals surface area contributed by atoms with Crippen LogP contribution < -0.4 is 5.32 Å². The van der Waals surface area contributed by atoms with Crippen LogP contribution in [0.4, 0.5) is 0 Å². The van der Waals surface area contributed by atoms with E-state index in [0.717, 1.165) is 13.0 Å². The second kappa shape index (κ2) is 44.7. The number of hydrogen-bond acceptors (Lipinski definition) is 11. The number of ether oxygens (including phenoxy) is 9. The Labute approximate surface area is 309 Å². The van der Waals surface area contributed by atoms with Crippen LogP contribution in [0.5, 0.6) is 0 Å². The fraction of sp³-hybridized carbons (Fsp3) is 0.947. The minimum atomic E-state index is -1.12. The lowest BCUT2D eigenvalue weighted by atomic mass is 10.0. The third-order valence-electron chi connectivity index (χ3n) is 7.77. The van der Waals surface area contributed by atoms with E-state index in [4.69, 9.17) is 43.0 Å². The molecule has 2 N–H and O–H groups in total. The zero-order chi connectivity index (χ0) is 37.0. The molecule has 0 radical (unpaired) electrons. The summed E-state index contributed by atoms with van der Waals surface area (Å²) in [6.45, 7) is 9.99. The number of nitrogens with one attached hydrogen (secondary N) is 1. The molecule has 13 nitrogen and oxygen atoms in total. The third kappa shape index (κ3) is 46.6. The SMILES string of the molecule is CCCCCCCCCCCCCCCCCCOCCOCCOCCOCCOCCOCCOCCOCCNC(=O)COCC(=O)O. The van der Waals surface area contributed by atoms with Gasteiger partial charge in [0.2, 0.25) is 5.91 Å². The van der Waals surface area contributed by atoms with Gasteiger partial charge in [-0.05, 0) is 6.42 Å². The van der Waals surface area contributed by atoms with Gasteiger partial charge in [-0.3, -0.25) is 4.79 Å². The van der Waals surface area contributed by atoms with Gasteiger partial charge >= 0.3 is 5.97 Å². The van der Waals surface area contributed by atoms with Crippen LogP contribution in [0.2, 0.25) is 0 Å². The van der Waals surface area contributed by atoms with E-state index in [0.29, 0.717) is 106 Å². The van der Waals surface area contributed by atoms with E-state index in [1.807, 2.05) is 0 Å². The number of carboxylic acid groups (broad SMARTS) is 1. The first-order chi connectivity index (χ1) is 25.2. The summed E-state index contributed by atoms with van der Waals surface area (Å²) in [6.07, 6.45) is 22.1. The molecule has 51 heavy (non-hydrogen) atoms. The molecule has 13 heteroatoms. The molecular formula is C38H75NO12. The molecule has 0 spiro atoms. The molecule has 0 atom stereocenters. The first kappa shape index (κ1) is 49.6. The van der Waals surface area contributed by atoms with E-state index in [1.165, 1.54) is 96.3 Å². The Bertz CT molecular complexity index is 704. The van der Waals surface area contributed by atoms with Gasteiger partial charge in [0.25, 0.3) is 0 Å². The van der Waals surface area contributed by atoms with Crippen molar-refractivity contribution in [2.75, 3.05) is 125 Å². The summed E-state index contributed by atoms with van der Waals surface area (Å²) >= 11 is 0. The van der Waals surface area contributed by atoms with Gasteiger partial charge < -0.3 is 53.1 Å². The third-order valence-corrected chi connectivity index (χ3v) is 7.77. The van der Waals surface area contributed by atoms with Crippen molar-refractivity contribution in [3.05, 3.63) is 0 Å². The van der Waals surface area contributed by atoms with Crippen molar-refractivity contribution in [3.8, 4) is 0 Å². The Morgan fingerprint density at radius 3 is 1.00 bits per heavy atom. The molecule has 0 rings (SSSR count). The minimum absolute atomic E-state index is 0.295. The number of hydrogen-bond donors (Lipinski definition) is 2. The Morgan fingerprint density at radius 1 is 0.373 bits per heavy atom. The predicted octanol–water partition coefficient (Wildman–Crippen LogP) is 5.60. The second-order valence-corrected chi connectivity index (χ2v) is 12.4. The maximum absolute atomic E-state index is 11.4. The van der Waals surface area contributed by atoms with Crippen molar-refractivity contribution in [3.63, 3.8) is 0 Å². The fourth-order valence-electron chi connectivity index (χ4n) is 4.94. The van der Waals surface area contributed by atoms with Gasteiger partial charge in [0.1, 0.15) is 13.2 Å². The number of carboxylic acids is 1. The summed E-state index contributed by atoms with van der Waals surface area (Å²) in [7, 11) is 0. The van der Waals surface area contributed by atoms with Crippen LogP contribution in [0, 0.1) is 0 Å². The molecule has 0 aromatic heterocycles. The number of rotatable bonds is 45. The number of unbranched alkanes of at least 4 members (excludes halogenated alkanes) is 15. The molecule has 304 valence electrons. The molecule has 0 bridgehead atoms.